The molecule has 6 nitrogen and oxygen atoms in total. The fourth-order valence-corrected chi connectivity index (χ4v) is 2.98. The molecule has 3 rings (SSSR count). The van der Waals surface area contributed by atoms with E-state index in [-0.39, 0.29) is 16.8 Å². The van der Waals surface area contributed by atoms with Gasteiger partial charge in [-0.05, 0) is 31.4 Å². The summed E-state index contributed by atoms with van der Waals surface area (Å²) in [5, 5.41) is 9.39. The maximum Gasteiger partial charge on any atom is 0.326 e. The number of nitrogens with zero attached hydrogens (tertiary/aromatic N) is 3. The van der Waals surface area contributed by atoms with Crippen molar-refractivity contribution in [3.05, 3.63) is 35.2 Å². The summed E-state index contributed by atoms with van der Waals surface area (Å²) in [6.45, 7) is 0.423. The number of pyridine rings is 1. The van der Waals surface area contributed by atoms with Gasteiger partial charge in [0, 0.05) is 12.7 Å². The van der Waals surface area contributed by atoms with Crippen molar-refractivity contribution >= 4 is 29.1 Å². The van der Waals surface area contributed by atoms with Gasteiger partial charge in [0.05, 0.1) is 0 Å². The number of likely N-dealkylation sites (tertiary alicyclic amines) is 1. The first-order chi connectivity index (χ1) is 10.1. The number of carbonyl (C=O) groups excluding carboxylic acids is 1. The first-order valence-electron chi connectivity index (χ1n) is 6.76. The van der Waals surface area contributed by atoms with Crippen LogP contribution < -0.4 is 0 Å². The Kier molecular flexibility index (Phi) is 3.55. The predicted molar refractivity (Wildman–Crippen MR) is 76.5 cm³/mol. The lowest BCUT2D eigenvalue weighted by Gasteiger charge is -2.32. The monoisotopic (exact) mass is 307 g/mol. The maximum atomic E-state index is 12.7. The second-order valence-corrected chi connectivity index (χ2v) is 5.39. The highest BCUT2D eigenvalue weighted by Gasteiger charge is 2.34. The van der Waals surface area contributed by atoms with Gasteiger partial charge in [-0.25, -0.2) is 9.78 Å². The van der Waals surface area contributed by atoms with Crippen LogP contribution in [0.3, 0.4) is 0 Å². The summed E-state index contributed by atoms with van der Waals surface area (Å²) in [5.74, 6) is -1.36. The minimum absolute atomic E-state index is 0.0981. The molecule has 0 unspecified atom stereocenters. The van der Waals surface area contributed by atoms with Crippen LogP contribution >= 0.6 is 11.6 Å². The highest BCUT2D eigenvalue weighted by atomic mass is 35.5. The van der Waals surface area contributed by atoms with Gasteiger partial charge in [-0.15, -0.1) is 0 Å². The van der Waals surface area contributed by atoms with Crippen LogP contribution in [0.1, 0.15) is 29.8 Å². The Morgan fingerprint density at radius 1 is 1.33 bits per heavy atom. The van der Waals surface area contributed by atoms with Crippen molar-refractivity contribution in [3.8, 4) is 0 Å². The second-order valence-electron chi connectivity index (χ2n) is 5.03. The number of imidazole rings is 1. The van der Waals surface area contributed by atoms with Crippen molar-refractivity contribution in [2.45, 2.75) is 25.3 Å². The number of carboxylic acid groups (broad SMARTS) is 1. The van der Waals surface area contributed by atoms with Crippen LogP contribution in [-0.2, 0) is 4.79 Å². The highest BCUT2D eigenvalue weighted by Crippen LogP contribution is 2.24. The van der Waals surface area contributed by atoms with Crippen molar-refractivity contribution in [1.82, 2.24) is 14.3 Å². The number of halogens is 1. The summed E-state index contributed by atoms with van der Waals surface area (Å²) in [5.41, 5.74) is 0.787. The zero-order valence-electron chi connectivity index (χ0n) is 11.2. The summed E-state index contributed by atoms with van der Waals surface area (Å²) in [4.78, 5) is 29.6. The van der Waals surface area contributed by atoms with Crippen molar-refractivity contribution < 1.29 is 14.7 Å². The number of carbonyl (C=O) groups is 2. The quantitative estimate of drug-likeness (QED) is 0.921. The Morgan fingerprint density at radius 2 is 2.14 bits per heavy atom. The molecule has 21 heavy (non-hydrogen) atoms. The first-order valence-corrected chi connectivity index (χ1v) is 7.14. The third-order valence-electron chi connectivity index (χ3n) is 3.74. The smallest absolute Gasteiger partial charge is 0.326 e. The van der Waals surface area contributed by atoms with E-state index in [4.69, 9.17) is 11.6 Å². The van der Waals surface area contributed by atoms with Gasteiger partial charge in [0.2, 0.25) is 0 Å². The summed E-state index contributed by atoms with van der Waals surface area (Å²) in [7, 11) is 0. The molecule has 2 aromatic heterocycles. The molecule has 3 heterocycles. The van der Waals surface area contributed by atoms with E-state index in [1.807, 2.05) is 0 Å². The van der Waals surface area contributed by atoms with E-state index in [1.165, 1.54) is 4.90 Å². The molecule has 1 N–H and O–H groups in total. The lowest BCUT2D eigenvalue weighted by molar-refractivity contribution is -0.143. The normalized spacial score (nSPS) is 18.9. The number of fused-ring (bicyclic) bond motifs is 1. The lowest BCUT2D eigenvalue weighted by atomic mass is 10.0. The lowest BCUT2D eigenvalue weighted by Crippen LogP contribution is -2.48. The third-order valence-corrected chi connectivity index (χ3v) is 4.00. The molecule has 0 spiro atoms. The minimum Gasteiger partial charge on any atom is -0.480 e. The van der Waals surface area contributed by atoms with Crippen molar-refractivity contribution in [2.75, 3.05) is 6.54 Å². The van der Waals surface area contributed by atoms with Gasteiger partial charge in [0.1, 0.15) is 11.7 Å². The number of aromatic nitrogens is 2. The molecule has 1 amide bonds. The van der Waals surface area contributed by atoms with E-state index in [1.54, 1.807) is 28.8 Å². The average molecular weight is 308 g/mol. The van der Waals surface area contributed by atoms with E-state index in [0.29, 0.717) is 18.6 Å². The van der Waals surface area contributed by atoms with E-state index in [2.05, 4.69) is 4.98 Å². The summed E-state index contributed by atoms with van der Waals surface area (Å²) < 4.78 is 1.60. The number of carboxylic acids is 1. The first kappa shape index (κ1) is 13.9. The Bertz CT molecular complexity index is 713. The Labute approximate surface area is 125 Å². The molecule has 0 saturated carbocycles. The molecule has 2 aromatic rings. The fourth-order valence-electron chi connectivity index (χ4n) is 2.73. The van der Waals surface area contributed by atoms with E-state index < -0.39 is 12.0 Å². The molecule has 7 heteroatoms. The van der Waals surface area contributed by atoms with Crippen LogP contribution in [0, 0.1) is 0 Å². The fraction of sp³-hybridized carbons (Fsp3) is 0.357. The minimum atomic E-state index is -0.979. The number of hydrogen-bond donors (Lipinski definition) is 1. The molecular formula is C14H14ClN3O3. The molecule has 1 saturated heterocycles. The topological polar surface area (TPSA) is 74.9 Å². The van der Waals surface area contributed by atoms with Crippen LogP contribution in [0.15, 0.2) is 24.4 Å². The zero-order chi connectivity index (χ0) is 15.0. The Morgan fingerprint density at radius 3 is 2.90 bits per heavy atom. The average Bonchev–Trinajstić information content (AvgIpc) is 2.82. The van der Waals surface area contributed by atoms with Crippen molar-refractivity contribution in [2.24, 2.45) is 0 Å². The van der Waals surface area contributed by atoms with Crippen molar-refractivity contribution in [1.29, 1.82) is 0 Å². The molecule has 110 valence electrons. The van der Waals surface area contributed by atoms with Gasteiger partial charge >= 0.3 is 5.97 Å². The summed E-state index contributed by atoms with van der Waals surface area (Å²) in [6.07, 6.45) is 3.77. The largest absolute Gasteiger partial charge is 0.480 e. The molecule has 0 aliphatic carbocycles. The second kappa shape index (κ2) is 5.37. The van der Waals surface area contributed by atoms with Crippen LogP contribution in [-0.4, -0.2) is 43.9 Å². The van der Waals surface area contributed by atoms with Gasteiger partial charge in [-0.3, -0.25) is 9.20 Å². The molecule has 1 aliphatic rings. The number of piperidine rings is 1. The summed E-state index contributed by atoms with van der Waals surface area (Å²) >= 11 is 6.08. The van der Waals surface area contributed by atoms with Crippen LogP contribution in [0.25, 0.3) is 5.65 Å². The van der Waals surface area contributed by atoms with Gasteiger partial charge in [-0.1, -0.05) is 17.7 Å². The zero-order valence-corrected chi connectivity index (χ0v) is 12.0. The molecule has 0 radical (unpaired) electrons. The predicted octanol–water partition coefficient (Wildman–Crippen LogP) is 2.07. The molecule has 0 bridgehead atoms. The van der Waals surface area contributed by atoms with Gasteiger partial charge < -0.3 is 10.0 Å². The highest BCUT2D eigenvalue weighted by molar-refractivity contribution is 6.32. The molecule has 0 aromatic carbocycles. The number of rotatable bonds is 2. The molecular weight excluding hydrogens is 294 g/mol. The Hall–Kier alpha value is -2.08. The molecule has 1 aliphatic heterocycles. The number of hydrogen-bond acceptors (Lipinski definition) is 3. The molecule has 1 atom stereocenters. The number of amides is 1. The SMILES string of the molecule is O=C(O)[C@H]1CCCCN1C(=O)c1c(Cl)nc2ccccn12. The maximum absolute atomic E-state index is 12.7. The summed E-state index contributed by atoms with van der Waals surface area (Å²) in [6, 6.07) is 4.52. The Balaban J connectivity index is 2.03. The number of aliphatic carboxylic acids is 1. The van der Waals surface area contributed by atoms with Crippen molar-refractivity contribution in [3.63, 3.8) is 0 Å². The van der Waals surface area contributed by atoms with E-state index in [0.717, 1.165) is 12.8 Å². The van der Waals surface area contributed by atoms with E-state index >= 15 is 0 Å². The van der Waals surface area contributed by atoms with Crippen LogP contribution in [0.5, 0.6) is 0 Å². The van der Waals surface area contributed by atoms with E-state index in [9.17, 15) is 14.7 Å². The van der Waals surface area contributed by atoms with Gasteiger partial charge in [0.15, 0.2) is 10.8 Å². The van der Waals surface area contributed by atoms with Crippen LogP contribution in [0.4, 0.5) is 0 Å². The van der Waals surface area contributed by atoms with Gasteiger partial charge in [-0.2, -0.15) is 0 Å². The van der Waals surface area contributed by atoms with Gasteiger partial charge in [0.25, 0.3) is 5.91 Å². The molecule has 1 fully saturated rings. The third kappa shape index (κ3) is 2.35. The van der Waals surface area contributed by atoms with Crippen LogP contribution in [0.2, 0.25) is 5.15 Å². The standard InChI is InChI=1S/C14H14ClN3O3/c15-12-11(18-8-4-2-6-10(18)16-12)13(19)17-7-3-1-5-9(17)14(20)21/h2,4,6,8-9H,1,3,5,7H2,(H,20,21)/t9-/m1/s1.